The van der Waals surface area contributed by atoms with E-state index in [2.05, 4.69) is 29.1 Å². The second-order valence-electron chi connectivity index (χ2n) is 7.82. The highest BCUT2D eigenvalue weighted by atomic mass is 16.2. The van der Waals surface area contributed by atoms with Crippen LogP contribution in [0.15, 0.2) is 76.7 Å². The van der Waals surface area contributed by atoms with Crippen molar-refractivity contribution < 1.29 is 4.79 Å². The SMILES string of the molecule is CC(C)c1ccc(NC(=O)Cn2c(=O)n(Cc3cccnc3)c(=O)c3ncccc32)cc1. The molecule has 1 N–H and O–H groups in total. The van der Waals surface area contributed by atoms with Gasteiger partial charge in [-0.05, 0) is 47.4 Å². The Labute approximate surface area is 184 Å². The number of hydrogen-bond acceptors (Lipinski definition) is 5. The van der Waals surface area contributed by atoms with Gasteiger partial charge in [-0.25, -0.2) is 9.78 Å². The van der Waals surface area contributed by atoms with Gasteiger partial charge >= 0.3 is 5.69 Å². The smallest absolute Gasteiger partial charge is 0.325 e. The molecule has 0 aliphatic rings. The summed E-state index contributed by atoms with van der Waals surface area (Å²) in [6.07, 6.45) is 4.69. The Morgan fingerprint density at radius 3 is 2.44 bits per heavy atom. The molecule has 4 aromatic rings. The van der Waals surface area contributed by atoms with Gasteiger partial charge in [-0.15, -0.1) is 0 Å². The zero-order valence-corrected chi connectivity index (χ0v) is 17.9. The predicted molar refractivity (Wildman–Crippen MR) is 123 cm³/mol. The van der Waals surface area contributed by atoms with Gasteiger partial charge in [0.1, 0.15) is 6.54 Å². The highest BCUT2D eigenvalue weighted by Gasteiger charge is 2.16. The fourth-order valence-electron chi connectivity index (χ4n) is 3.50. The van der Waals surface area contributed by atoms with Gasteiger partial charge in [0.15, 0.2) is 5.52 Å². The summed E-state index contributed by atoms with van der Waals surface area (Å²) in [4.78, 5) is 47.1. The minimum Gasteiger partial charge on any atom is -0.325 e. The third kappa shape index (κ3) is 4.34. The van der Waals surface area contributed by atoms with Gasteiger partial charge in [-0.1, -0.05) is 32.0 Å². The number of pyridine rings is 2. The van der Waals surface area contributed by atoms with Gasteiger partial charge in [0, 0.05) is 24.3 Å². The van der Waals surface area contributed by atoms with E-state index in [-0.39, 0.29) is 24.5 Å². The number of amides is 1. The first-order valence-corrected chi connectivity index (χ1v) is 10.3. The van der Waals surface area contributed by atoms with Gasteiger partial charge in [-0.3, -0.25) is 23.7 Å². The molecule has 0 saturated carbocycles. The van der Waals surface area contributed by atoms with Crippen molar-refractivity contribution in [1.29, 1.82) is 0 Å². The van der Waals surface area contributed by atoms with E-state index >= 15 is 0 Å². The number of benzene rings is 1. The van der Waals surface area contributed by atoms with E-state index in [9.17, 15) is 14.4 Å². The van der Waals surface area contributed by atoms with Crippen molar-refractivity contribution in [3.63, 3.8) is 0 Å². The molecule has 1 amide bonds. The lowest BCUT2D eigenvalue weighted by Crippen LogP contribution is -2.42. The molecule has 3 aromatic heterocycles. The van der Waals surface area contributed by atoms with Crippen LogP contribution in [0.4, 0.5) is 5.69 Å². The first-order chi connectivity index (χ1) is 15.4. The van der Waals surface area contributed by atoms with E-state index in [0.717, 1.165) is 4.57 Å². The summed E-state index contributed by atoms with van der Waals surface area (Å²) in [6, 6.07) is 14.3. The second-order valence-corrected chi connectivity index (χ2v) is 7.82. The van der Waals surface area contributed by atoms with Gasteiger partial charge in [0.25, 0.3) is 5.56 Å². The highest BCUT2D eigenvalue weighted by molar-refractivity contribution is 5.91. The Hall–Kier alpha value is -4.07. The molecular formula is C24H23N5O3. The number of nitrogens with one attached hydrogen (secondary N) is 1. The molecule has 162 valence electrons. The molecule has 0 aliphatic carbocycles. The van der Waals surface area contributed by atoms with Gasteiger partial charge < -0.3 is 5.32 Å². The minimum absolute atomic E-state index is 0.0380. The predicted octanol–water partition coefficient (Wildman–Crippen LogP) is 2.76. The van der Waals surface area contributed by atoms with Crippen LogP contribution in [0.3, 0.4) is 0 Å². The maximum atomic E-state index is 13.2. The normalized spacial score (nSPS) is 11.1. The lowest BCUT2D eigenvalue weighted by Gasteiger charge is -2.14. The maximum absolute atomic E-state index is 13.2. The van der Waals surface area contributed by atoms with Gasteiger partial charge in [-0.2, -0.15) is 0 Å². The molecule has 8 nitrogen and oxygen atoms in total. The number of carbonyl (C=O) groups excluding carboxylic acids is 1. The summed E-state index contributed by atoms with van der Waals surface area (Å²) in [5.41, 5.74) is 1.86. The largest absolute Gasteiger partial charge is 0.332 e. The molecule has 0 fully saturated rings. The van der Waals surface area contributed by atoms with E-state index in [4.69, 9.17) is 0 Å². The molecule has 0 saturated heterocycles. The molecule has 3 heterocycles. The molecule has 0 aliphatic heterocycles. The van der Waals surface area contributed by atoms with Crippen LogP contribution in [0.1, 0.15) is 30.9 Å². The number of anilines is 1. The molecule has 32 heavy (non-hydrogen) atoms. The number of rotatable bonds is 6. The van der Waals surface area contributed by atoms with Crippen LogP contribution in [0.25, 0.3) is 11.0 Å². The number of nitrogens with zero attached hydrogens (tertiary/aromatic N) is 4. The van der Waals surface area contributed by atoms with Crippen LogP contribution in [-0.2, 0) is 17.9 Å². The number of carbonyl (C=O) groups is 1. The average molecular weight is 429 g/mol. The van der Waals surface area contributed by atoms with Crippen molar-refractivity contribution in [1.82, 2.24) is 19.1 Å². The van der Waals surface area contributed by atoms with Crippen molar-refractivity contribution in [2.45, 2.75) is 32.9 Å². The van der Waals surface area contributed by atoms with E-state index in [1.54, 1.807) is 36.7 Å². The Morgan fingerprint density at radius 2 is 1.75 bits per heavy atom. The van der Waals surface area contributed by atoms with Crippen LogP contribution in [-0.4, -0.2) is 25.0 Å². The minimum atomic E-state index is -0.579. The van der Waals surface area contributed by atoms with Crippen molar-refractivity contribution in [3.05, 3.63) is 99.1 Å². The third-order valence-electron chi connectivity index (χ3n) is 5.21. The molecule has 4 rings (SSSR count). The highest BCUT2D eigenvalue weighted by Crippen LogP contribution is 2.17. The average Bonchev–Trinajstić information content (AvgIpc) is 2.80. The van der Waals surface area contributed by atoms with Crippen molar-refractivity contribution in [2.24, 2.45) is 0 Å². The lowest BCUT2D eigenvalue weighted by molar-refractivity contribution is -0.116. The fraction of sp³-hybridized carbons (Fsp3) is 0.208. The van der Waals surface area contributed by atoms with E-state index in [0.29, 0.717) is 22.7 Å². The maximum Gasteiger partial charge on any atom is 0.332 e. The third-order valence-corrected chi connectivity index (χ3v) is 5.21. The molecule has 0 bridgehead atoms. The summed E-state index contributed by atoms with van der Waals surface area (Å²) in [7, 11) is 0. The van der Waals surface area contributed by atoms with E-state index in [1.807, 2.05) is 24.3 Å². The van der Waals surface area contributed by atoms with E-state index < -0.39 is 11.2 Å². The Balaban J connectivity index is 1.69. The van der Waals surface area contributed by atoms with E-state index in [1.165, 1.54) is 16.3 Å². The molecule has 0 spiro atoms. The van der Waals surface area contributed by atoms with Gasteiger partial charge in [0.2, 0.25) is 5.91 Å². The zero-order chi connectivity index (χ0) is 22.7. The van der Waals surface area contributed by atoms with Crippen LogP contribution in [0, 0.1) is 0 Å². The first kappa shape index (κ1) is 21.2. The summed E-state index contributed by atoms with van der Waals surface area (Å²) in [5, 5.41) is 2.82. The van der Waals surface area contributed by atoms with Crippen LogP contribution in [0.2, 0.25) is 0 Å². The van der Waals surface area contributed by atoms with Crippen molar-refractivity contribution >= 4 is 22.6 Å². The first-order valence-electron chi connectivity index (χ1n) is 10.3. The number of hydrogen-bond donors (Lipinski definition) is 1. The summed E-state index contributed by atoms with van der Waals surface area (Å²) < 4.78 is 2.36. The number of aromatic nitrogens is 4. The Morgan fingerprint density at radius 1 is 1.00 bits per heavy atom. The quantitative estimate of drug-likeness (QED) is 0.508. The summed E-state index contributed by atoms with van der Waals surface area (Å²) >= 11 is 0. The summed E-state index contributed by atoms with van der Waals surface area (Å²) in [5.74, 6) is 0.0131. The lowest BCUT2D eigenvalue weighted by atomic mass is 10.0. The zero-order valence-electron chi connectivity index (χ0n) is 17.9. The molecule has 0 unspecified atom stereocenters. The molecule has 0 atom stereocenters. The molecular weight excluding hydrogens is 406 g/mol. The second kappa shape index (κ2) is 8.97. The molecule has 8 heteroatoms. The fourth-order valence-corrected chi connectivity index (χ4v) is 3.50. The monoisotopic (exact) mass is 429 g/mol. The molecule has 0 radical (unpaired) electrons. The Bertz CT molecular complexity index is 1370. The summed E-state index contributed by atoms with van der Waals surface area (Å²) in [6.45, 7) is 3.98. The van der Waals surface area contributed by atoms with Crippen molar-refractivity contribution in [2.75, 3.05) is 5.32 Å². The van der Waals surface area contributed by atoms with Crippen LogP contribution < -0.4 is 16.6 Å². The number of fused-ring (bicyclic) bond motifs is 1. The van der Waals surface area contributed by atoms with Crippen molar-refractivity contribution in [3.8, 4) is 0 Å². The molecule has 1 aromatic carbocycles. The topological polar surface area (TPSA) is 98.9 Å². The van der Waals surface area contributed by atoms with Crippen LogP contribution >= 0.6 is 0 Å². The standard InChI is InChI=1S/C24H23N5O3/c1-16(2)18-7-9-19(10-8-18)27-21(30)15-28-20-6-4-12-26-22(20)23(31)29(24(28)32)14-17-5-3-11-25-13-17/h3-13,16H,14-15H2,1-2H3,(H,27,30). The van der Waals surface area contributed by atoms with Gasteiger partial charge in [0.05, 0.1) is 12.1 Å². The van der Waals surface area contributed by atoms with Crippen LogP contribution in [0.5, 0.6) is 0 Å². The Kier molecular flexibility index (Phi) is 5.93.